The van der Waals surface area contributed by atoms with E-state index >= 15 is 0 Å². The number of ether oxygens (including phenoxy) is 1. The highest BCUT2D eigenvalue weighted by atomic mass is 16.5. The minimum absolute atomic E-state index is 0.330. The Morgan fingerprint density at radius 2 is 2.09 bits per heavy atom. The van der Waals surface area contributed by atoms with Crippen LogP contribution in [0.25, 0.3) is 0 Å². The summed E-state index contributed by atoms with van der Waals surface area (Å²) in [5, 5.41) is 24.4. The summed E-state index contributed by atoms with van der Waals surface area (Å²) in [5.41, 5.74) is -1.70. The van der Waals surface area contributed by atoms with Gasteiger partial charge in [0.1, 0.15) is 23.0 Å². The predicted molar refractivity (Wildman–Crippen MR) is 83.1 cm³/mol. The van der Waals surface area contributed by atoms with Crippen LogP contribution in [0, 0.1) is 11.3 Å². The lowest BCUT2D eigenvalue weighted by Gasteiger charge is -2.49. The molecule has 0 amide bonds. The maximum atomic E-state index is 12.3. The molecule has 1 aliphatic rings. The fraction of sp³-hybridized carbons (Fsp3) is 0.353. The molecule has 2 aromatic rings. The van der Waals surface area contributed by atoms with Crippen LogP contribution >= 0.6 is 0 Å². The third-order valence-electron chi connectivity index (χ3n) is 4.54. The maximum Gasteiger partial charge on any atom is 0.267 e. The van der Waals surface area contributed by atoms with Gasteiger partial charge in [-0.2, -0.15) is 10.4 Å². The number of aromatic nitrogens is 2. The predicted octanol–water partition coefficient (Wildman–Crippen LogP) is 1.63. The standard InChI is InChI=1S/C17H17N3O3/c1-16(2)17(3,22)15(20-14(21)5-4-8-19-20)12-9-11(10-18)6-7-13(12)23-16/h4-9,15,22H,1-3H3. The molecule has 0 fully saturated rings. The van der Waals surface area contributed by atoms with Crippen molar-refractivity contribution in [3.8, 4) is 11.8 Å². The van der Waals surface area contributed by atoms with Crippen molar-refractivity contribution in [3.63, 3.8) is 0 Å². The lowest BCUT2D eigenvalue weighted by molar-refractivity contribution is -0.141. The summed E-state index contributed by atoms with van der Waals surface area (Å²) < 4.78 is 7.16. The van der Waals surface area contributed by atoms with E-state index in [1.807, 2.05) is 0 Å². The Balaban J connectivity index is 2.33. The summed E-state index contributed by atoms with van der Waals surface area (Å²) >= 11 is 0. The van der Waals surface area contributed by atoms with Crippen molar-refractivity contribution < 1.29 is 9.84 Å². The normalized spacial score (nSPS) is 25.1. The Bertz CT molecular complexity index is 862. The summed E-state index contributed by atoms with van der Waals surface area (Å²) in [6.45, 7) is 5.13. The molecular formula is C17H17N3O3. The Kier molecular flexibility index (Phi) is 3.27. The van der Waals surface area contributed by atoms with Gasteiger partial charge in [-0.25, -0.2) is 4.68 Å². The van der Waals surface area contributed by atoms with Crippen LogP contribution in [0.5, 0.6) is 5.75 Å². The van der Waals surface area contributed by atoms with Crippen LogP contribution in [-0.2, 0) is 0 Å². The Morgan fingerprint density at radius 1 is 1.35 bits per heavy atom. The minimum atomic E-state index is -1.41. The SMILES string of the molecule is CC1(C)Oc2ccc(C#N)cc2C(n2ncccc2=O)C1(C)O. The van der Waals surface area contributed by atoms with Gasteiger partial charge in [-0.05, 0) is 45.0 Å². The number of benzene rings is 1. The monoisotopic (exact) mass is 311 g/mol. The van der Waals surface area contributed by atoms with Gasteiger partial charge in [-0.1, -0.05) is 0 Å². The molecule has 1 aromatic heterocycles. The van der Waals surface area contributed by atoms with Gasteiger partial charge in [-0.3, -0.25) is 4.79 Å². The van der Waals surface area contributed by atoms with Gasteiger partial charge in [0, 0.05) is 17.8 Å². The average molecular weight is 311 g/mol. The Labute approximate surface area is 133 Å². The van der Waals surface area contributed by atoms with E-state index in [2.05, 4.69) is 11.2 Å². The molecule has 1 aliphatic heterocycles. The van der Waals surface area contributed by atoms with E-state index in [1.165, 1.54) is 16.9 Å². The van der Waals surface area contributed by atoms with Crippen LogP contribution in [0.3, 0.4) is 0 Å². The van der Waals surface area contributed by atoms with Crippen LogP contribution < -0.4 is 10.3 Å². The Hall–Kier alpha value is -2.65. The third kappa shape index (κ3) is 2.21. The summed E-state index contributed by atoms with van der Waals surface area (Å²) in [5.74, 6) is 0.531. The van der Waals surface area contributed by atoms with E-state index in [4.69, 9.17) is 10.00 Å². The molecule has 6 nitrogen and oxygen atoms in total. The number of rotatable bonds is 1. The molecule has 0 spiro atoms. The molecule has 6 heteroatoms. The zero-order valence-electron chi connectivity index (χ0n) is 13.1. The largest absolute Gasteiger partial charge is 0.484 e. The molecule has 23 heavy (non-hydrogen) atoms. The van der Waals surface area contributed by atoms with Crippen molar-refractivity contribution in [3.05, 3.63) is 58.0 Å². The molecule has 0 bridgehead atoms. The average Bonchev–Trinajstić information content (AvgIpc) is 2.49. The van der Waals surface area contributed by atoms with Crippen molar-refractivity contribution in [2.45, 2.75) is 38.0 Å². The third-order valence-corrected chi connectivity index (χ3v) is 4.54. The summed E-state index contributed by atoms with van der Waals surface area (Å²) in [4.78, 5) is 12.3. The van der Waals surface area contributed by atoms with Gasteiger partial charge in [0.05, 0.1) is 11.6 Å². The molecule has 0 radical (unpaired) electrons. The van der Waals surface area contributed by atoms with Gasteiger partial charge in [0.15, 0.2) is 0 Å². The minimum Gasteiger partial charge on any atom is -0.484 e. The van der Waals surface area contributed by atoms with Gasteiger partial charge in [0.25, 0.3) is 5.56 Å². The molecule has 0 saturated carbocycles. The van der Waals surface area contributed by atoms with Gasteiger partial charge >= 0.3 is 0 Å². The van der Waals surface area contributed by atoms with Gasteiger partial charge < -0.3 is 9.84 Å². The number of fused-ring (bicyclic) bond motifs is 1. The van der Waals surface area contributed by atoms with Gasteiger partial charge in [0.2, 0.25) is 0 Å². The van der Waals surface area contributed by atoms with Gasteiger partial charge in [-0.15, -0.1) is 0 Å². The van der Waals surface area contributed by atoms with E-state index in [9.17, 15) is 9.90 Å². The summed E-state index contributed by atoms with van der Waals surface area (Å²) in [6, 6.07) is 9.20. The topological polar surface area (TPSA) is 88.1 Å². The lowest BCUT2D eigenvalue weighted by Crippen LogP contribution is -2.61. The molecule has 2 unspecified atom stereocenters. The highest BCUT2D eigenvalue weighted by molar-refractivity contribution is 5.47. The van der Waals surface area contributed by atoms with Crippen LogP contribution in [0.4, 0.5) is 0 Å². The second kappa shape index (κ2) is 4.93. The van der Waals surface area contributed by atoms with Crippen LogP contribution in [-0.4, -0.2) is 26.1 Å². The number of nitriles is 1. The number of aliphatic hydroxyl groups is 1. The fourth-order valence-electron chi connectivity index (χ4n) is 2.87. The first-order valence-corrected chi connectivity index (χ1v) is 7.27. The number of hydrogen-bond acceptors (Lipinski definition) is 5. The second-order valence-electron chi connectivity index (χ2n) is 6.33. The quantitative estimate of drug-likeness (QED) is 0.864. The highest BCUT2D eigenvalue weighted by Crippen LogP contribution is 2.47. The van der Waals surface area contributed by atoms with E-state index in [1.54, 1.807) is 45.0 Å². The number of nitrogens with zero attached hydrogens (tertiary/aromatic N) is 3. The van der Waals surface area contributed by atoms with E-state index in [-0.39, 0.29) is 5.56 Å². The zero-order chi connectivity index (χ0) is 16.8. The lowest BCUT2D eigenvalue weighted by atomic mass is 9.75. The molecule has 118 valence electrons. The number of hydrogen-bond donors (Lipinski definition) is 1. The molecule has 1 N–H and O–H groups in total. The van der Waals surface area contributed by atoms with Crippen LogP contribution in [0.1, 0.15) is 37.9 Å². The van der Waals surface area contributed by atoms with Crippen molar-refractivity contribution in [1.82, 2.24) is 9.78 Å². The molecule has 2 atom stereocenters. The smallest absolute Gasteiger partial charge is 0.267 e. The fourth-order valence-corrected chi connectivity index (χ4v) is 2.87. The van der Waals surface area contributed by atoms with Crippen LogP contribution in [0.2, 0.25) is 0 Å². The Morgan fingerprint density at radius 3 is 2.74 bits per heavy atom. The second-order valence-corrected chi connectivity index (χ2v) is 6.33. The zero-order valence-corrected chi connectivity index (χ0v) is 13.1. The van der Waals surface area contributed by atoms with E-state index < -0.39 is 17.2 Å². The highest BCUT2D eigenvalue weighted by Gasteiger charge is 2.54. The molecule has 2 heterocycles. The van der Waals surface area contributed by atoms with Crippen molar-refractivity contribution in [2.75, 3.05) is 0 Å². The van der Waals surface area contributed by atoms with E-state index in [0.29, 0.717) is 16.9 Å². The first kappa shape index (κ1) is 15.3. The first-order valence-electron chi connectivity index (χ1n) is 7.27. The molecule has 0 aliphatic carbocycles. The molecule has 3 rings (SSSR count). The molecular weight excluding hydrogens is 294 g/mol. The molecule has 1 aromatic carbocycles. The van der Waals surface area contributed by atoms with Crippen molar-refractivity contribution >= 4 is 0 Å². The van der Waals surface area contributed by atoms with Crippen molar-refractivity contribution in [2.24, 2.45) is 0 Å². The molecule has 0 saturated heterocycles. The van der Waals surface area contributed by atoms with E-state index in [0.717, 1.165) is 0 Å². The maximum absolute atomic E-state index is 12.3. The summed E-state index contributed by atoms with van der Waals surface area (Å²) in [7, 11) is 0. The van der Waals surface area contributed by atoms with Crippen LogP contribution in [0.15, 0.2) is 41.3 Å². The first-order chi connectivity index (χ1) is 10.8. The summed E-state index contributed by atoms with van der Waals surface area (Å²) in [6.07, 6.45) is 1.49. The van der Waals surface area contributed by atoms with Crippen molar-refractivity contribution in [1.29, 1.82) is 5.26 Å².